The third kappa shape index (κ3) is 4.25. The summed E-state index contributed by atoms with van der Waals surface area (Å²) in [6.45, 7) is 0.223. The molecule has 0 saturated carbocycles. The number of nitrogens with zero attached hydrogens (tertiary/aromatic N) is 2. The highest BCUT2D eigenvalue weighted by Crippen LogP contribution is 2.29. The van der Waals surface area contributed by atoms with Crippen LogP contribution >= 0.6 is 0 Å². The second-order valence-electron chi connectivity index (χ2n) is 5.90. The van der Waals surface area contributed by atoms with E-state index in [4.69, 9.17) is 0 Å². The van der Waals surface area contributed by atoms with Crippen molar-refractivity contribution in [3.05, 3.63) is 59.4 Å². The Balaban J connectivity index is 1.78. The number of carbonyl (C=O) groups excluding carboxylic acids is 1. The number of anilines is 2. The fourth-order valence-electron chi connectivity index (χ4n) is 2.73. The first-order valence-electron chi connectivity index (χ1n) is 8.18. The van der Waals surface area contributed by atoms with Gasteiger partial charge in [0.25, 0.3) is 5.91 Å². The highest BCUT2D eigenvalue weighted by Gasteiger charge is 2.30. The zero-order chi connectivity index (χ0) is 19.4. The molecule has 7 nitrogen and oxygen atoms in total. The number of hydrogen-bond acceptors (Lipinski definition) is 5. The molecule has 0 bridgehead atoms. The molecular weight excluding hydrogens is 373 g/mol. The molecule has 0 aliphatic carbocycles. The zero-order valence-electron chi connectivity index (χ0n) is 14.6. The quantitative estimate of drug-likeness (QED) is 0.627. The van der Waals surface area contributed by atoms with Gasteiger partial charge in [0.05, 0.1) is 17.7 Å². The first-order valence-corrected chi connectivity index (χ1v) is 9.79. The molecule has 9 heteroatoms. The van der Waals surface area contributed by atoms with Crippen LogP contribution in [0.3, 0.4) is 0 Å². The van der Waals surface area contributed by atoms with Crippen LogP contribution in [0.25, 0.3) is 0 Å². The molecule has 0 aromatic heterocycles. The first-order chi connectivity index (χ1) is 12.9. The normalized spacial score (nSPS) is 15.9. The van der Waals surface area contributed by atoms with Crippen LogP contribution in [0.4, 0.5) is 15.8 Å². The summed E-state index contributed by atoms with van der Waals surface area (Å²) in [7, 11) is -2.08. The highest BCUT2D eigenvalue weighted by atomic mass is 32.2. The van der Waals surface area contributed by atoms with Gasteiger partial charge in [-0.05, 0) is 42.3 Å². The number of halogens is 1. The Morgan fingerprint density at radius 1 is 1.26 bits per heavy atom. The van der Waals surface area contributed by atoms with Crippen molar-refractivity contribution in [2.45, 2.75) is 6.42 Å². The van der Waals surface area contributed by atoms with Gasteiger partial charge < -0.3 is 10.2 Å². The molecule has 2 aromatic carbocycles. The summed E-state index contributed by atoms with van der Waals surface area (Å²) >= 11 is 0. The van der Waals surface area contributed by atoms with Crippen LogP contribution < -0.4 is 9.62 Å². The number of oxime groups is 1. The van der Waals surface area contributed by atoms with Gasteiger partial charge in [-0.1, -0.05) is 17.3 Å². The number of benzene rings is 2. The summed E-state index contributed by atoms with van der Waals surface area (Å²) in [6, 6.07) is 10.5. The van der Waals surface area contributed by atoms with E-state index in [0.717, 1.165) is 15.9 Å². The molecule has 1 aliphatic rings. The largest absolute Gasteiger partial charge is 0.399 e. The van der Waals surface area contributed by atoms with Crippen LogP contribution in [0.1, 0.15) is 22.3 Å². The lowest BCUT2D eigenvalue weighted by Crippen LogP contribution is -2.26. The Bertz CT molecular complexity index is 975. The molecule has 0 spiro atoms. The lowest BCUT2D eigenvalue weighted by molar-refractivity contribution is 0.102. The van der Waals surface area contributed by atoms with Gasteiger partial charge in [0.15, 0.2) is 0 Å². The van der Waals surface area contributed by atoms with E-state index in [-0.39, 0.29) is 18.0 Å². The average Bonchev–Trinajstić information content (AvgIpc) is 3.01. The summed E-state index contributed by atoms with van der Waals surface area (Å²) in [6.07, 6.45) is 1.95. The number of amides is 1. The molecule has 1 amide bonds. The number of nitrogens with one attached hydrogen (secondary N) is 1. The summed E-state index contributed by atoms with van der Waals surface area (Å²) in [4.78, 5) is 17.0. The molecule has 1 aliphatic heterocycles. The minimum atomic E-state index is -3.51. The minimum absolute atomic E-state index is 0.0122. The van der Waals surface area contributed by atoms with Gasteiger partial charge in [0, 0.05) is 17.8 Å². The van der Waals surface area contributed by atoms with Crippen molar-refractivity contribution in [3.8, 4) is 0 Å². The van der Waals surface area contributed by atoms with Crippen molar-refractivity contribution in [1.82, 2.24) is 0 Å². The third-order valence-electron chi connectivity index (χ3n) is 4.05. The van der Waals surface area contributed by atoms with Crippen molar-refractivity contribution in [3.63, 3.8) is 0 Å². The maximum Gasteiger partial charge on any atom is 0.255 e. The second kappa shape index (κ2) is 7.75. The molecule has 3 rings (SSSR count). The molecule has 27 heavy (non-hydrogen) atoms. The van der Waals surface area contributed by atoms with Crippen molar-refractivity contribution >= 4 is 33.5 Å². The lowest BCUT2D eigenvalue weighted by Gasteiger charge is -2.18. The van der Waals surface area contributed by atoms with Crippen LogP contribution in [-0.2, 0) is 14.9 Å². The molecule has 1 heterocycles. The first kappa shape index (κ1) is 18.8. The van der Waals surface area contributed by atoms with Crippen molar-refractivity contribution < 1.29 is 22.4 Å². The van der Waals surface area contributed by atoms with E-state index in [1.54, 1.807) is 24.3 Å². The van der Waals surface area contributed by atoms with Gasteiger partial charge in [-0.2, -0.15) is 0 Å². The SMILES string of the molecule is CO/N=C/c1ccc(C(=O)Nc2ccc(F)c(N3CCCS3(=O)=O)c2)cc1. The monoisotopic (exact) mass is 391 g/mol. The Kier molecular flexibility index (Phi) is 5.41. The standard InChI is InChI=1S/C18H18FN3O4S/c1-26-20-12-13-3-5-14(6-4-13)18(23)21-15-7-8-16(19)17(11-15)22-9-2-10-27(22,24)25/h3-8,11-12H,2,9-10H2,1H3,(H,21,23)/b20-12+. The van der Waals surface area contributed by atoms with Crippen molar-refractivity contribution in [2.75, 3.05) is 29.0 Å². The molecule has 142 valence electrons. The zero-order valence-corrected chi connectivity index (χ0v) is 15.4. The Hall–Kier alpha value is -2.94. The van der Waals surface area contributed by atoms with Gasteiger partial charge in [-0.15, -0.1) is 0 Å². The molecule has 0 atom stereocenters. The van der Waals surface area contributed by atoms with E-state index < -0.39 is 21.7 Å². The molecule has 2 aromatic rings. The van der Waals surface area contributed by atoms with Crippen LogP contribution in [0.15, 0.2) is 47.6 Å². The predicted octanol–water partition coefficient (Wildman–Crippen LogP) is 2.60. The summed E-state index contributed by atoms with van der Waals surface area (Å²) in [5, 5.41) is 6.29. The number of sulfonamides is 1. The van der Waals surface area contributed by atoms with E-state index in [1.807, 2.05) is 0 Å². The molecule has 0 radical (unpaired) electrons. The average molecular weight is 391 g/mol. The maximum atomic E-state index is 14.1. The van der Waals surface area contributed by atoms with Gasteiger partial charge in [-0.25, -0.2) is 12.8 Å². The Morgan fingerprint density at radius 2 is 2.00 bits per heavy atom. The van der Waals surface area contributed by atoms with Gasteiger partial charge in [0.2, 0.25) is 10.0 Å². The van der Waals surface area contributed by atoms with E-state index in [0.29, 0.717) is 17.7 Å². The summed E-state index contributed by atoms with van der Waals surface area (Å²) in [5.74, 6) is -1.06. The maximum absolute atomic E-state index is 14.1. The highest BCUT2D eigenvalue weighted by molar-refractivity contribution is 7.93. The molecule has 1 N–H and O–H groups in total. The summed E-state index contributed by atoms with van der Waals surface area (Å²) < 4.78 is 39.2. The van der Waals surface area contributed by atoms with Crippen LogP contribution in [0.2, 0.25) is 0 Å². The number of rotatable bonds is 5. The predicted molar refractivity (Wildman–Crippen MR) is 101 cm³/mol. The van der Waals surface area contributed by atoms with Gasteiger partial charge in [-0.3, -0.25) is 9.10 Å². The number of hydrogen-bond donors (Lipinski definition) is 1. The van der Waals surface area contributed by atoms with E-state index in [9.17, 15) is 17.6 Å². The van der Waals surface area contributed by atoms with Crippen LogP contribution in [0.5, 0.6) is 0 Å². The van der Waals surface area contributed by atoms with Crippen LogP contribution in [-0.4, -0.2) is 39.9 Å². The van der Waals surface area contributed by atoms with Crippen molar-refractivity contribution in [2.24, 2.45) is 5.16 Å². The molecule has 1 fully saturated rings. The molecular formula is C18H18FN3O4S. The van der Waals surface area contributed by atoms with E-state index >= 15 is 0 Å². The van der Waals surface area contributed by atoms with Crippen molar-refractivity contribution in [1.29, 1.82) is 0 Å². The topological polar surface area (TPSA) is 88.1 Å². The minimum Gasteiger partial charge on any atom is -0.399 e. The fraction of sp³-hybridized carbons (Fsp3) is 0.222. The van der Waals surface area contributed by atoms with E-state index in [2.05, 4.69) is 15.3 Å². The fourth-order valence-corrected chi connectivity index (χ4v) is 4.29. The second-order valence-corrected chi connectivity index (χ2v) is 7.91. The third-order valence-corrected chi connectivity index (χ3v) is 5.91. The lowest BCUT2D eigenvalue weighted by atomic mass is 10.1. The Labute approximate surface area is 156 Å². The summed E-state index contributed by atoms with van der Waals surface area (Å²) in [5.41, 5.74) is 1.40. The Morgan fingerprint density at radius 3 is 2.63 bits per heavy atom. The number of carbonyl (C=O) groups is 1. The van der Waals surface area contributed by atoms with E-state index in [1.165, 1.54) is 25.5 Å². The van der Waals surface area contributed by atoms with Crippen LogP contribution in [0, 0.1) is 5.82 Å². The smallest absolute Gasteiger partial charge is 0.255 e. The molecule has 0 unspecified atom stereocenters. The van der Waals surface area contributed by atoms with Gasteiger partial charge in [0.1, 0.15) is 12.9 Å². The van der Waals surface area contributed by atoms with Gasteiger partial charge >= 0.3 is 0 Å². The molecule has 1 saturated heterocycles.